The molecule has 2 heteroatoms. The molecule has 0 aromatic carbocycles. The lowest BCUT2D eigenvalue weighted by Gasteiger charge is -2.35. The molecule has 1 aliphatic carbocycles. The van der Waals surface area contributed by atoms with Crippen LogP contribution in [0.1, 0.15) is 48.8 Å². The molecule has 0 spiro atoms. The molecular formula is C14H21BrS. The first-order valence-corrected chi connectivity index (χ1v) is 8.35. The molecule has 1 aromatic heterocycles. The van der Waals surface area contributed by atoms with Gasteiger partial charge in [0.2, 0.25) is 0 Å². The molecule has 1 heterocycles. The minimum atomic E-state index is 0.564. The normalized spacial score (nSPS) is 19.9. The Labute approximate surface area is 112 Å². The number of hydrogen-bond donors (Lipinski definition) is 0. The molecule has 0 N–H and O–H groups in total. The van der Waals surface area contributed by atoms with E-state index in [1.807, 2.05) is 11.3 Å². The van der Waals surface area contributed by atoms with Gasteiger partial charge in [-0.25, -0.2) is 0 Å². The van der Waals surface area contributed by atoms with Crippen LogP contribution >= 0.6 is 27.3 Å². The Hall–Kier alpha value is 0.180. The Morgan fingerprint density at radius 1 is 1.19 bits per heavy atom. The maximum Gasteiger partial charge on any atom is 0.00914 e. The van der Waals surface area contributed by atoms with Crippen LogP contribution in [0.3, 0.4) is 0 Å². The first-order valence-electron chi connectivity index (χ1n) is 6.41. The third kappa shape index (κ3) is 2.89. The van der Waals surface area contributed by atoms with E-state index in [1.54, 1.807) is 4.88 Å². The highest BCUT2D eigenvalue weighted by Crippen LogP contribution is 2.41. The van der Waals surface area contributed by atoms with Gasteiger partial charge in [0.25, 0.3) is 0 Å². The van der Waals surface area contributed by atoms with Crippen LogP contribution < -0.4 is 0 Å². The molecule has 2 rings (SSSR count). The predicted molar refractivity (Wildman–Crippen MR) is 76.7 cm³/mol. The number of hydrogen-bond acceptors (Lipinski definition) is 1. The van der Waals surface area contributed by atoms with Gasteiger partial charge in [0, 0.05) is 15.1 Å². The van der Waals surface area contributed by atoms with Crippen molar-refractivity contribution in [1.29, 1.82) is 0 Å². The van der Waals surface area contributed by atoms with Crippen molar-refractivity contribution in [2.75, 3.05) is 5.33 Å². The third-order valence-corrected chi connectivity index (χ3v) is 6.23. The van der Waals surface area contributed by atoms with Crippen LogP contribution in [-0.4, -0.2) is 5.33 Å². The summed E-state index contributed by atoms with van der Waals surface area (Å²) in [5, 5.41) is 1.18. The van der Waals surface area contributed by atoms with Gasteiger partial charge in [-0.05, 0) is 43.2 Å². The Morgan fingerprint density at radius 2 is 1.88 bits per heavy atom. The molecule has 1 aliphatic rings. The van der Waals surface area contributed by atoms with E-state index in [0.29, 0.717) is 5.41 Å². The van der Waals surface area contributed by atoms with Crippen molar-refractivity contribution in [3.63, 3.8) is 0 Å². The van der Waals surface area contributed by atoms with E-state index in [2.05, 4.69) is 35.0 Å². The summed E-state index contributed by atoms with van der Waals surface area (Å²) >= 11 is 5.77. The number of alkyl halides is 1. The second kappa shape index (κ2) is 5.68. The monoisotopic (exact) mass is 300 g/mol. The van der Waals surface area contributed by atoms with Crippen molar-refractivity contribution in [1.82, 2.24) is 0 Å². The molecule has 0 unspecified atom stereocenters. The number of thiophene rings is 1. The fourth-order valence-corrected chi connectivity index (χ4v) is 4.63. The lowest BCUT2D eigenvalue weighted by Crippen LogP contribution is -2.28. The van der Waals surface area contributed by atoms with Crippen LogP contribution in [0.5, 0.6) is 0 Å². The van der Waals surface area contributed by atoms with Crippen LogP contribution in [-0.2, 0) is 12.8 Å². The second-order valence-electron chi connectivity index (χ2n) is 5.09. The van der Waals surface area contributed by atoms with Gasteiger partial charge in [-0.3, -0.25) is 0 Å². The number of rotatable bonds is 4. The smallest absolute Gasteiger partial charge is 0.00914 e. The van der Waals surface area contributed by atoms with E-state index < -0.39 is 0 Å². The van der Waals surface area contributed by atoms with Gasteiger partial charge in [-0.2, -0.15) is 0 Å². The second-order valence-corrected chi connectivity index (χ2v) is 6.91. The zero-order valence-corrected chi connectivity index (χ0v) is 12.5. The van der Waals surface area contributed by atoms with Crippen LogP contribution in [0, 0.1) is 5.41 Å². The van der Waals surface area contributed by atoms with Crippen molar-refractivity contribution >= 4 is 27.3 Å². The molecule has 1 aromatic rings. The van der Waals surface area contributed by atoms with Crippen molar-refractivity contribution in [2.24, 2.45) is 5.41 Å². The lowest BCUT2D eigenvalue weighted by atomic mass is 9.73. The fourth-order valence-electron chi connectivity index (χ4n) is 2.74. The van der Waals surface area contributed by atoms with E-state index in [0.717, 1.165) is 0 Å². The standard InChI is InChI=1S/C14H21BrS/c1-2-12-6-7-13(16-12)10-14(11-15)8-4-3-5-9-14/h6-7H,2-5,8-11H2,1H3. The Kier molecular flexibility index (Phi) is 4.48. The van der Waals surface area contributed by atoms with E-state index in [1.165, 1.54) is 55.2 Å². The summed E-state index contributed by atoms with van der Waals surface area (Å²) in [6, 6.07) is 4.66. The zero-order chi connectivity index (χ0) is 11.4. The summed E-state index contributed by atoms with van der Waals surface area (Å²) < 4.78 is 0. The van der Waals surface area contributed by atoms with Crippen molar-refractivity contribution in [2.45, 2.75) is 51.9 Å². The maximum absolute atomic E-state index is 3.75. The van der Waals surface area contributed by atoms with Gasteiger partial charge in [0.05, 0.1) is 0 Å². The van der Waals surface area contributed by atoms with Gasteiger partial charge >= 0.3 is 0 Å². The van der Waals surface area contributed by atoms with Gasteiger partial charge in [0.15, 0.2) is 0 Å². The van der Waals surface area contributed by atoms with E-state index in [4.69, 9.17) is 0 Å². The Balaban J connectivity index is 2.05. The topological polar surface area (TPSA) is 0 Å². The van der Waals surface area contributed by atoms with Crippen molar-refractivity contribution in [3.8, 4) is 0 Å². The molecule has 0 bridgehead atoms. The first-order chi connectivity index (χ1) is 7.78. The Morgan fingerprint density at radius 3 is 2.44 bits per heavy atom. The van der Waals surface area contributed by atoms with Crippen LogP contribution in [0.4, 0.5) is 0 Å². The maximum atomic E-state index is 3.75. The summed E-state index contributed by atoms with van der Waals surface area (Å²) in [6.07, 6.45) is 9.61. The average molecular weight is 301 g/mol. The highest BCUT2D eigenvalue weighted by molar-refractivity contribution is 9.09. The molecule has 0 aliphatic heterocycles. The summed E-state index contributed by atoms with van der Waals surface area (Å²) in [6.45, 7) is 2.25. The fraction of sp³-hybridized carbons (Fsp3) is 0.714. The van der Waals surface area contributed by atoms with Crippen molar-refractivity contribution < 1.29 is 0 Å². The van der Waals surface area contributed by atoms with Crippen LogP contribution in [0.15, 0.2) is 12.1 Å². The third-order valence-electron chi connectivity index (χ3n) is 3.81. The summed E-state index contributed by atoms with van der Waals surface area (Å²) in [4.78, 5) is 3.13. The summed E-state index contributed by atoms with van der Waals surface area (Å²) in [5.74, 6) is 0. The van der Waals surface area contributed by atoms with Gasteiger partial charge < -0.3 is 0 Å². The van der Waals surface area contributed by atoms with Gasteiger partial charge in [-0.15, -0.1) is 11.3 Å². The van der Waals surface area contributed by atoms with Crippen molar-refractivity contribution in [3.05, 3.63) is 21.9 Å². The molecule has 90 valence electrons. The molecule has 1 saturated carbocycles. The zero-order valence-electron chi connectivity index (χ0n) is 10.1. The van der Waals surface area contributed by atoms with E-state index in [-0.39, 0.29) is 0 Å². The number of aryl methyl sites for hydroxylation is 1. The average Bonchev–Trinajstić information content (AvgIpc) is 2.78. The molecule has 0 atom stereocenters. The molecule has 0 radical (unpaired) electrons. The molecule has 0 saturated heterocycles. The van der Waals surface area contributed by atoms with Gasteiger partial charge in [0.1, 0.15) is 0 Å². The molecule has 16 heavy (non-hydrogen) atoms. The van der Waals surface area contributed by atoms with Crippen LogP contribution in [0.25, 0.3) is 0 Å². The summed E-state index contributed by atoms with van der Waals surface area (Å²) in [5.41, 5.74) is 0.564. The molecular weight excluding hydrogens is 280 g/mol. The van der Waals surface area contributed by atoms with E-state index in [9.17, 15) is 0 Å². The molecule has 0 nitrogen and oxygen atoms in total. The lowest BCUT2D eigenvalue weighted by molar-refractivity contribution is 0.225. The molecule has 1 fully saturated rings. The largest absolute Gasteiger partial charge is 0.145 e. The Bertz CT molecular complexity index is 323. The minimum Gasteiger partial charge on any atom is -0.145 e. The first kappa shape index (κ1) is 12.6. The molecule has 0 amide bonds. The van der Waals surface area contributed by atoms with Crippen LogP contribution in [0.2, 0.25) is 0 Å². The predicted octanol–water partition coefficient (Wildman–Crippen LogP) is 5.20. The highest BCUT2D eigenvalue weighted by Gasteiger charge is 2.31. The minimum absolute atomic E-state index is 0.564. The summed E-state index contributed by atoms with van der Waals surface area (Å²) in [7, 11) is 0. The van der Waals surface area contributed by atoms with Gasteiger partial charge in [-0.1, -0.05) is 42.1 Å². The SMILES string of the molecule is CCc1ccc(CC2(CBr)CCCCC2)s1. The quantitative estimate of drug-likeness (QED) is 0.671. The van der Waals surface area contributed by atoms with E-state index >= 15 is 0 Å². The highest BCUT2D eigenvalue weighted by atomic mass is 79.9. The number of halogens is 1.